The predicted octanol–water partition coefficient (Wildman–Crippen LogP) is 5.80. The number of hydrogen-bond donors (Lipinski definition) is 0. The van der Waals surface area contributed by atoms with Gasteiger partial charge >= 0.3 is 0 Å². The number of sulfone groups is 1. The summed E-state index contributed by atoms with van der Waals surface area (Å²) in [5.41, 5.74) is 2.43. The molecule has 0 atom stereocenters. The van der Waals surface area contributed by atoms with E-state index in [0.29, 0.717) is 24.5 Å². The Morgan fingerprint density at radius 1 is 1.10 bits per heavy atom. The zero-order valence-corrected chi connectivity index (χ0v) is 19.9. The molecule has 3 nitrogen and oxygen atoms in total. The standard InChI is InChI=1S/C25H40O3S/c1-6-25(4,5)29(27,28)18-21-12-14-23(15-13-21)24(26)17-22-9-7-8-20(16-22)11-10-19(2)3/h7-9,16,19,21,23H,6,10-15,17-18H2,1-5H3. The molecule has 2 rings (SSSR count). The Hall–Kier alpha value is -1.16. The summed E-state index contributed by atoms with van der Waals surface area (Å²) in [5.74, 6) is 1.57. The quantitative estimate of drug-likeness (QED) is 0.481. The third-order valence-corrected chi connectivity index (χ3v) is 9.71. The summed E-state index contributed by atoms with van der Waals surface area (Å²) in [6.07, 6.45) is 6.74. The lowest BCUT2D eigenvalue weighted by Gasteiger charge is -2.31. The Morgan fingerprint density at radius 3 is 2.31 bits per heavy atom. The van der Waals surface area contributed by atoms with Gasteiger partial charge in [-0.3, -0.25) is 4.79 Å². The molecule has 1 aromatic carbocycles. The minimum absolute atomic E-state index is 0.0902. The largest absolute Gasteiger partial charge is 0.299 e. The predicted molar refractivity (Wildman–Crippen MR) is 122 cm³/mol. The van der Waals surface area contributed by atoms with Crippen LogP contribution in [0.3, 0.4) is 0 Å². The third-order valence-electron chi connectivity index (χ3n) is 6.83. The average Bonchev–Trinajstić information content (AvgIpc) is 2.66. The van der Waals surface area contributed by atoms with Gasteiger partial charge in [0, 0.05) is 12.3 Å². The zero-order chi connectivity index (χ0) is 21.7. The lowest BCUT2D eigenvalue weighted by atomic mass is 9.79. The van der Waals surface area contributed by atoms with E-state index in [2.05, 4.69) is 38.1 Å². The highest BCUT2D eigenvalue weighted by Gasteiger charge is 2.36. The molecule has 0 aliphatic heterocycles. The average molecular weight is 421 g/mol. The number of carbonyl (C=O) groups is 1. The van der Waals surface area contributed by atoms with Crippen LogP contribution < -0.4 is 0 Å². The van der Waals surface area contributed by atoms with Gasteiger partial charge in [0.05, 0.1) is 10.5 Å². The third kappa shape index (κ3) is 6.94. The van der Waals surface area contributed by atoms with E-state index in [1.165, 1.54) is 12.0 Å². The second-order valence-electron chi connectivity index (χ2n) is 10.0. The summed E-state index contributed by atoms with van der Waals surface area (Å²) < 4.78 is 24.7. The van der Waals surface area contributed by atoms with Gasteiger partial charge in [0.25, 0.3) is 0 Å². The van der Waals surface area contributed by atoms with Crippen molar-refractivity contribution >= 4 is 15.6 Å². The number of aryl methyl sites for hydroxylation is 1. The summed E-state index contributed by atoms with van der Waals surface area (Å²) in [4.78, 5) is 12.8. The maximum atomic E-state index is 12.8. The van der Waals surface area contributed by atoms with Gasteiger partial charge in [0.2, 0.25) is 0 Å². The molecule has 1 aromatic rings. The lowest BCUT2D eigenvalue weighted by molar-refractivity contribution is -0.123. The van der Waals surface area contributed by atoms with Gasteiger partial charge in [0.15, 0.2) is 9.84 Å². The van der Waals surface area contributed by atoms with E-state index in [1.54, 1.807) is 0 Å². The molecule has 0 spiro atoms. The van der Waals surface area contributed by atoms with Gasteiger partial charge in [-0.05, 0) is 81.8 Å². The van der Waals surface area contributed by atoms with Crippen molar-refractivity contribution in [1.29, 1.82) is 0 Å². The van der Waals surface area contributed by atoms with Crippen LogP contribution in [0, 0.1) is 17.8 Å². The van der Waals surface area contributed by atoms with E-state index in [0.717, 1.165) is 37.7 Å². The molecule has 0 aromatic heterocycles. The van der Waals surface area contributed by atoms with Crippen molar-refractivity contribution in [2.24, 2.45) is 17.8 Å². The number of Topliss-reactive ketones (excluding diaryl/α,β-unsaturated/α-hetero) is 1. The summed E-state index contributed by atoms with van der Waals surface area (Å²) in [6, 6.07) is 8.46. The van der Waals surface area contributed by atoms with E-state index in [9.17, 15) is 13.2 Å². The van der Waals surface area contributed by atoms with Gasteiger partial charge < -0.3 is 0 Å². The van der Waals surface area contributed by atoms with Crippen molar-refractivity contribution in [3.8, 4) is 0 Å². The molecule has 1 fully saturated rings. The van der Waals surface area contributed by atoms with E-state index < -0.39 is 14.6 Å². The van der Waals surface area contributed by atoms with Crippen molar-refractivity contribution < 1.29 is 13.2 Å². The summed E-state index contributed by atoms with van der Waals surface area (Å²) >= 11 is 0. The molecule has 0 bridgehead atoms. The molecule has 0 radical (unpaired) electrons. The van der Waals surface area contributed by atoms with Crippen molar-refractivity contribution in [3.63, 3.8) is 0 Å². The van der Waals surface area contributed by atoms with E-state index in [4.69, 9.17) is 0 Å². The first-order chi connectivity index (χ1) is 13.5. The van der Waals surface area contributed by atoms with Crippen molar-refractivity contribution in [1.82, 2.24) is 0 Å². The van der Waals surface area contributed by atoms with E-state index in [-0.39, 0.29) is 17.6 Å². The van der Waals surface area contributed by atoms with Crippen LogP contribution in [-0.2, 0) is 27.5 Å². The molecule has 29 heavy (non-hydrogen) atoms. The maximum Gasteiger partial charge on any atom is 0.155 e. The van der Waals surface area contributed by atoms with Crippen LogP contribution in [0.4, 0.5) is 0 Å². The molecule has 0 N–H and O–H groups in total. The van der Waals surface area contributed by atoms with Crippen LogP contribution in [0.15, 0.2) is 24.3 Å². The lowest BCUT2D eigenvalue weighted by Crippen LogP contribution is -2.37. The number of carbonyl (C=O) groups excluding carboxylic acids is 1. The van der Waals surface area contributed by atoms with Gasteiger partial charge in [-0.25, -0.2) is 8.42 Å². The number of ketones is 1. The summed E-state index contributed by atoms with van der Waals surface area (Å²) in [5, 5.41) is 0. The van der Waals surface area contributed by atoms with Crippen molar-refractivity contribution in [3.05, 3.63) is 35.4 Å². The highest BCUT2D eigenvalue weighted by Crippen LogP contribution is 2.33. The van der Waals surface area contributed by atoms with Crippen LogP contribution in [0.25, 0.3) is 0 Å². The van der Waals surface area contributed by atoms with Crippen LogP contribution in [0.5, 0.6) is 0 Å². The van der Waals surface area contributed by atoms with Crippen LogP contribution >= 0.6 is 0 Å². The van der Waals surface area contributed by atoms with Crippen LogP contribution in [0.1, 0.15) is 84.3 Å². The Kier molecular flexibility index (Phi) is 8.51. The molecule has 0 heterocycles. The first-order valence-electron chi connectivity index (χ1n) is 11.4. The van der Waals surface area contributed by atoms with Gasteiger partial charge in [-0.15, -0.1) is 0 Å². The summed E-state index contributed by atoms with van der Waals surface area (Å²) in [6.45, 7) is 10.1. The highest BCUT2D eigenvalue weighted by atomic mass is 32.2. The number of rotatable bonds is 10. The normalized spacial score (nSPS) is 20.8. The molecule has 1 aliphatic carbocycles. The molecule has 1 aliphatic rings. The SMILES string of the molecule is CCC(C)(C)S(=O)(=O)CC1CCC(C(=O)Cc2cccc(CCC(C)C)c2)CC1. The van der Waals surface area contributed by atoms with E-state index in [1.807, 2.05) is 20.8 Å². The smallest absolute Gasteiger partial charge is 0.155 e. The van der Waals surface area contributed by atoms with Gasteiger partial charge in [-0.2, -0.15) is 0 Å². The highest BCUT2D eigenvalue weighted by molar-refractivity contribution is 7.92. The van der Waals surface area contributed by atoms with Crippen LogP contribution in [0.2, 0.25) is 0 Å². The topological polar surface area (TPSA) is 51.2 Å². The molecular formula is C25H40O3S. The Labute approximate surface area is 178 Å². The number of benzene rings is 1. The molecule has 164 valence electrons. The van der Waals surface area contributed by atoms with Crippen LogP contribution in [-0.4, -0.2) is 24.7 Å². The molecule has 1 saturated carbocycles. The summed E-state index contributed by atoms with van der Waals surface area (Å²) in [7, 11) is -3.10. The molecule has 0 amide bonds. The number of hydrogen-bond acceptors (Lipinski definition) is 3. The maximum absolute atomic E-state index is 12.8. The molecule has 0 unspecified atom stereocenters. The fourth-order valence-electron chi connectivity index (χ4n) is 4.10. The van der Waals surface area contributed by atoms with Crippen molar-refractivity contribution in [2.45, 2.75) is 90.7 Å². The molecular weight excluding hydrogens is 380 g/mol. The zero-order valence-electron chi connectivity index (χ0n) is 19.0. The Balaban J connectivity index is 1.87. The Morgan fingerprint density at radius 2 is 1.72 bits per heavy atom. The minimum Gasteiger partial charge on any atom is -0.299 e. The van der Waals surface area contributed by atoms with E-state index >= 15 is 0 Å². The van der Waals surface area contributed by atoms with Crippen molar-refractivity contribution in [2.75, 3.05) is 5.75 Å². The monoisotopic (exact) mass is 420 g/mol. The Bertz CT molecular complexity index is 769. The van der Waals surface area contributed by atoms with Gasteiger partial charge in [0.1, 0.15) is 5.78 Å². The minimum atomic E-state index is -3.10. The fourth-order valence-corrected chi connectivity index (χ4v) is 5.95. The second-order valence-corrected chi connectivity index (χ2v) is 12.7. The second kappa shape index (κ2) is 10.2. The molecule has 4 heteroatoms. The first-order valence-corrected chi connectivity index (χ1v) is 13.0. The van der Waals surface area contributed by atoms with Gasteiger partial charge in [-0.1, -0.05) is 45.0 Å². The fraction of sp³-hybridized carbons (Fsp3) is 0.720. The molecule has 0 saturated heterocycles. The first kappa shape index (κ1) is 24.1.